The Morgan fingerprint density at radius 2 is 2.20 bits per heavy atom. The number of nitrogens with zero attached hydrogens (tertiary/aromatic N) is 2. The topological polar surface area (TPSA) is 55.1 Å². The van der Waals surface area contributed by atoms with Gasteiger partial charge in [-0.15, -0.1) is 0 Å². The Bertz CT molecular complexity index is 608. The molecule has 4 nitrogen and oxygen atoms in total. The van der Waals surface area contributed by atoms with E-state index in [9.17, 15) is 4.79 Å². The minimum atomic E-state index is -0.819. The molecule has 0 aliphatic carbocycles. The average molecular weight is 290 g/mol. The Balaban J connectivity index is 2.05. The molecule has 2 aromatic rings. The van der Waals surface area contributed by atoms with E-state index in [2.05, 4.69) is 40.7 Å². The summed E-state index contributed by atoms with van der Waals surface area (Å²) >= 11 is 1.27. The first-order valence-electron chi connectivity index (χ1n) is 6.48. The van der Waals surface area contributed by atoms with Crippen molar-refractivity contribution in [1.82, 2.24) is 9.55 Å². The fraction of sp³-hybridized carbons (Fsp3) is 0.333. The van der Waals surface area contributed by atoms with E-state index in [4.69, 9.17) is 5.11 Å². The molecule has 1 aromatic heterocycles. The smallest absolute Gasteiger partial charge is 0.313 e. The van der Waals surface area contributed by atoms with Crippen molar-refractivity contribution < 1.29 is 9.90 Å². The maximum Gasteiger partial charge on any atom is 0.313 e. The SMILES string of the molecule is Cc1cccc(CCn2c(C)cnc2SCC(=O)O)c1. The summed E-state index contributed by atoms with van der Waals surface area (Å²) in [5, 5.41) is 9.53. The molecule has 106 valence electrons. The molecule has 0 saturated carbocycles. The van der Waals surface area contributed by atoms with E-state index in [1.54, 1.807) is 6.20 Å². The van der Waals surface area contributed by atoms with Crippen LogP contribution in [0.1, 0.15) is 16.8 Å². The van der Waals surface area contributed by atoms with Gasteiger partial charge < -0.3 is 9.67 Å². The van der Waals surface area contributed by atoms with Crippen molar-refractivity contribution in [2.75, 3.05) is 5.75 Å². The number of benzene rings is 1. The molecular formula is C15H18N2O2S. The normalized spacial score (nSPS) is 10.7. The van der Waals surface area contributed by atoms with Crippen LogP contribution in [0.4, 0.5) is 0 Å². The molecule has 0 radical (unpaired) electrons. The van der Waals surface area contributed by atoms with Crippen molar-refractivity contribution in [3.63, 3.8) is 0 Å². The zero-order valence-electron chi connectivity index (χ0n) is 11.7. The summed E-state index contributed by atoms with van der Waals surface area (Å²) in [6.07, 6.45) is 2.71. The van der Waals surface area contributed by atoms with Crippen LogP contribution in [-0.2, 0) is 17.8 Å². The second kappa shape index (κ2) is 6.61. The lowest BCUT2D eigenvalue weighted by molar-refractivity contribution is -0.133. The van der Waals surface area contributed by atoms with Gasteiger partial charge >= 0.3 is 5.97 Å². The van der Waals surface area contributed by atoms with E-state index in [0.29, 0.717) is 0 Å². The lowest BCUT2D eigenvalue weighted by Gasteiger charge is -2.09. The van der Waals surface area contributed by atoms with Crippen LogP contribution in [0.2, 0.25) is 0 Å². The van der Waals surface area contributed by atoms with Crippen molar-refractivity contribution in [2.24, 2.45) is 0 Å². The summed E-state index contributed by atoms with van der Waals surface area (Å²) in [7, 11) is 0. The Kier molecular flexibility index (Phi) is 4.84. The van der Waals surface area contributed by atoms with Gasteiger partial charge in [0.1, 0.15) is 0 Å². The molecule has 2 rings (SSSR count). The molecule has 0 saturated heterocycles. The maximum atomic E-state index is 10.6. The number of carbonyl (C=O) groups is 1. The number of carboxylic acid groups (broad SMARTS) is 1. The van der Waals surface area contributed by atoms with Gasteiger partial charge in [0.05, 0.1) is 5.75 Å². The number of hydrogen-bond donors (Lipinski definition) is 1. The van der Waals surface area contributed by atoms with E-state index in [1.807, 2.05) is 6.92 Å². The molecule has 5 heteroatoms. The summed E-state index contributed by atoms with van der Waals surface area (Å²) < 4.78 is 2.08. The van der Waals surface area contributed by atoms with Gasteiger partial charge in [-0.05, 0) is 25.8 Å². The van der Waals surface area contributed by atoms with E-state index < -0.39 is 5.97 Å². The number of carboxylic acids is 1. The van der Waals surface area contributed by atoms with E-state index in [0.717, 1.165) is 23.8 Å². The average Bonchev–Trinajstić information content (AvgIpc) is 2.75. The van der Waals surface area contributed by atoms with Crippen LogP contribution in [0.3, 0.4) is 0 Å². The van der Waals surface area contributed by atoms with Crippen molar-refractivity contribution >= 4 is 17.7 Å². The van der Waals surface area contributed by atoms with Gasteiger partial charge in [-0.25, -0.2) is 4.98 Å². The van der Waals surface area contributed by atoms with E-state index in [-0.39, 0.29) is 5.75 Å². The number of thioether (sulfide) groups is 1. The highest BCUT2D eigenvalue weighted by Crippen LogP contribution is 2.19. The first kappa shape index (κ1) is 14.7. The first-order chi connectivity index (χ1) is 9.56. The predicted molar refractivity (Wildman–Crippen MR) is 80.2 cm³/mol. The molecule has 0 bridgehead atoms. The van der Waals surface area contributed by atoms with Crippen molar-refractivity contribution in [3.8, 4) is 0 Å². The summed E-state index contributed by atoms with van der Waals surface area (Å²) in [5.74, 6) is -0.776. The van der Waals surface area contributed by atoms with Crippen LogP contribution in [0.25, 0.3) is 0 Å². The molecule has 0 aliphatic rings. The molecule has 0 unspecified atom stereocenters. The molecule has 0 amide bonds. The van der Waals surface area contributed by atoms with Gasteiger partial charge in [0.15, 0.2) is 5.16 Å². The summed E-state index contributed by atoms with van der Waals surface area (Å²) in [5.41, 5.74) is 3.60. The quantitative estimate of drug-likeness (QED) is 0.831. The first-order valence-corrected chi connectivity index (χ1v) is 7.47. The molecule has 0 spiro atoms. The third kappa shape index (κ3) is 3.87. The zero-order chi connectivity index (χ0) is 14.5. The monoisotopic (exact) mass is 290 g/mol. The van der Waals surface area contributed by atoms with Crippen molar-refractivity contribution in [1.29, 1.82) is 0 Å². The largest absolute Gasteiger partial charge is 0.481 e. The molecule has 0 aliphatic heterocycles. The highest BCUT2D eigenvalue weighted by Gasteiger charge is 2.09. The van der Waals surface area contributed by atoms with Crippen LogP contribution < -0.4 is 0 Å². The van der Waals surface area contributed by atoms with Gasteiger partial charge in [-0.3, -0.25) is 4.79 Å². The van der Waals surface area contributed by atoms with Crippen LogP contribution in [0.5, 0.6) is 0 Å². The van der Waals surface area contributed by atoms with Crippen molar-refractivity contribution in [2.45, 2.75) is 32.0 Å². The Hall–Kier alpha value is -1.75. The third-order valence-electron chi connectivity index (χ3n) is 3.05. The lowest BCUT2D eigenvalue weighted by Crippen LogP contribution is -2.07. The minimum Gasteiger partial charge on any atom is -0.481 e. The van der Waals surface area contributed by atoms with Gasteiger partial charge in [0.25, 0.3) is 0 Å². The minimum absolute atomic E-state index is 0.0426. The van der Waals surface area contributed by atoms with Crippen LogP contribution in [0, 0.1) is 13.8 Å². The number of hydrogen-bond acceptors (Lipinski definition) is 3. The third-order valence-corrected chi connectivity index (χ3v) is 4.03. The Morgan fingerprint density at radius 1 is 1.40 bits per heavy atom. The van der Waals surface area contributed by atoms with Crippen molar-refractivity contribution in [3.05, 3.63) is 47.3 Å². The highest BCUT2D eigenvalue weighted by molar-refractivity contribution is 7.99. The van der Waals surface area contributed by atoms with Gasteiger partial charge in [-0.2, -0.15) is 0 Å². The van der Waals surface area contributed by atoms with E-state index >= 15 is 0 Å². The molecule has 20 heavy (non-hydrogen) atoms. The van der Waals surface area contributed by atoms with Gasteiger partial charge in [0.2, 0.25) is 0 Å². The number of aliphatic carboxylic acids is 1. The lowest BCUT2D eigenvalue weighted by atomic mass is 10.1. The molecular weight excluding hydrogens is 272 g/mol. The predicted octanol–water partition coefficient (Wildman–Crippen LogP) is 2.92. The number of aryl methyl sites for hydroxylation is 3. The number of aromatic nitrogens is 2. The van der Waals surface area contributed by atoms with Crippen LogP contribution in [-0.4, -0.2) is 26.4 Å². The molecule has 1 N–H and O–H groups in total. The standard InChI is InChI=1S/C15H18N2O2S/c1-11-4-3-5-13(8-11)6-7-17-12(2)9-16-15(17)20-10-14(18)19/h3-5,8-9H,6-7,10H2,1-2H3,(H,18,19). The van der Waals surface area contributed by atoms with Crippen LogP contribution in [0.15, 0.2) is 35.6 Å². The summed E-state index contributed by atoms with van der Waals surface area (Å²) in [6.45, 7) is 4.89. The highest BCUT2D eigenvalue weighted by atomic mass is 32.2. The number of imidazole rings is 1. The summed E-state index contributed by atoms with van der Waals surface area (Å²) in [6, 6.07) is 8.44. The second-order valence-corrected chi connectivity index (χ2v) is 5.70. The molecule has 0 atom stereocenters. The van der Waals surface area contributed by atoms with Crippen LogP contribution >= 0.6 is 11.8 Å². The maximum absolute atomic E-state index is 10.6. The number of rotatable bonds is 6. The molecule has 1 aromatic carbocycles. The second-order valence-electron chi connectivity index (χ2n) is 4.76. The zero-order valence-corrected chi connectivity index (χ0v) is 12.5. The Labute approximate surface area is 122 Å². The van der Waals surface area contributed by atoms with Gasteiger partial charge in [-0.1, -0.05) is 41.6 Å². The fourth-order valence-corrected chi connectivity index (χ4v) is 2.83. The van der Waals surface area contributed by atoms with Gasteiger partial charge in [0, 0.05) is 18.4 Å². The van der Waals surface area contributed by atoms with E-state index in [1.165, 1.54) is 22.9 Å². The fourth-order valence-electron chi connectivity index (χ4n) is 2.06. The Morgan fingerprint density at radius 3 is 2.90 bits per heavy atom. The molecule has 1 heterocycles. The molecule has 0 fully saturated rings. The summed E-state index contributed by atoms with van der Waals surface area (Å²) in [4.78, 5) is 14.9.